The minimum atomic E-state index is -0.278. The van der Waals surface area contributed by atoms with Crippen molar-refractivity contribution in [2.45, 2.75) is 32.7 Å². The van der Waals surface area contributed by atoms with Crippen molar-refractivity contribution in [2.24, 2.45) is 5.84 Å². The van der Waals surface area contributed by atoms with Gasteiger partial charge < -0.3 is 4.74 Å². The number of hydrazine groups is 1. The van der Waals surface area contributed by atoms with Gasteiger partial charge in [-0.3, -0.25) is 15.1 Å². The van der Waals surface area contributed by atoms with Crippen molar-refractivity contribution in [1.29, 1.82) is 0 Å². The van der Waals surface area contributed by atoms with Gasteiger partial charge in [-0.1, -0.05) is 13.8 Å². The first-order chi connectivity index (χ1) is 7.21. The number of nitrogens with zero attached hydrogens (tertiary/aromatic N) is 1. The molecule has 0 aliphatic carbocycles. The van der Waals surface area contributed by atoms with Gasteiger partial charge in [-0.05, 0) is 25.9 Å². The van der Waals surface area contributed by atoms with Gasteiger partial charge in [0.15, 0.2) is 0 Å². The third kappa shape index (κ3) is 5.11. The van der Waals surface area contributed by atoms with Gasteiger partial charge in [0.05, 0.1) is 6.61 Å². The largest absolute Gasteiger partial charge is 0.383 e. The molecule has 0 fully saturated rings. The van der Waals surface area contributed by atoms with Crippen LogP contribution in [0.5, 0.6) is 0 Å². The first-order valence-electron chi connectivity index (χ1n) is 5.44. The number of rotatable bonds is 8. The predicted octanol–water partition coefficient (Wildman–Crippen LogP) is 0.113. The average molecular weight is 217 g/mol. The molecular formula is C10H23N3O2. The Hall–Kier alpha value is -0.650. The van der Waals surface area contributed by atoms with Crippen molar-refractivity contribution in [3.63, 3.8) is 0 Å². The Labute approximate surface area is 91.9 Å². The van der Waals surface area contributed by atoms with Crippen molar-refractivity contribution in [2.75, 3.05) is 26.8 Å². The van der Waals surface area contributed by atoms with Crippen LogP contribution in [0.4, 0.5) is 0 Å². The van der Waals surface area contributed by atoms with Gasteiger partial charge in [-0.15, -0.1) is 0 Å². The number of methoxy groups -OCH3 is 1. The zero-order valence-electron chi connectivity index (χ0n) is 9.95. The van der Waals surface area contributed by atoms with E-state index in [0.29, 0.717) is 6.61 Å². The fourth-order valence-electron chi connectivity index (χ4n) is 1.60. The maximum atomic E-state index is 11.5. The zero-order chi connectivity index (χ0) is 11.7. The summed E-state index contributed by atoms with van der Waals surface area (Å²) in [5.41, 5.74) is 2.19. The summed E-state index contributed by atoms with van der Waals surface area (Å²) in [6.45, 7) is 6.33. The monoisotopic (exact) mass is 217 g/mol. The summed E-state index contributed by atoms with van der Waals surface area (Å²) < 4.78 is 5.04. The van der Waals surface area contributed by atoms with Crippen molar-refractivity contribution >= 4 is 5.91 Å². The summed E-state index contributed by atoms with van der Waals surface area (Å²) in [5, 5.41) is 0. The second kappa shape index (κ2) is 8.64. The second-order valence-electron chi connectivity index (χ2n) is 3.52. The standard InChI is InChI=1S/C10H23N3O2/c1-4-6-13(7-5-2)9(8-15-3)10(14)12-11/h9H,4-8,11H2,1-3H3,(H,12,14). The minimum absolute atomic E-state index is 0.182. The van der Waals surface area contributed by atoms with E-state index in [0.717, 1.165) is 25.9 Å². The Kier molecular flexibility index (Phi) is 8.27. The summed E-state index contributed by atoms with van der Waals surface area (Å²) in [6, 6.07) is -0.278. The summed E-state index contributed by atoms with van der Waals surface area (Å²) in [6.07, 6.45) is 2.02. The molecule has 0 aromatic carbocycles. The van der Waals surface area contributed by atoms with Crippen LogP contribution in [-0.2, 0) is 9.53 Å². The molecule has 3 N–H and O–H groups in total. The number of hydrogen-bond acceptors (Lipinski definition) is 4. The molecule has 0 aliphatic heterocycles. The van der Waals surface area contributed by atoms with E-state index in [1.807, 2.05) is 0 Å². The van der Waals surface area contributed by atoms with Crippen LogP contribution >= 0.6 is 0 Å². The van der Waals surface area contributed by atoms with Crippen LogP contribution in [0.15, 0.2) is 0 Å². The molecule has 1 unspecified atom stereocenters. The van der Waals surface area contributed by atoms with Crippen LogP contribution in [0.25, 0.3) is 0 Å². The first-order valence-corrected chi connectivity index (χ1v) is 5.44. The van der Waals surface area contributed by atoms with E-state index in [1.165, 1.54) is 0 Å². The van der Waals surface area contributed by atoms with Gasteiger partial charge in [0.1, 0.15) is 6.04 Å². The molecular weight excluding hydrogens is 194 g/mol. The highest BCUT2D eigenvalue weighted by atomic mass is 16.5. The molecule has 0 aliphatic rings. The number of nitrogens with one attached hydrogen (secondary N) is 1. The molecule has 5 nitrogen and oxygen atoms in total. The lowest BCUT2D eigenvalue weighted by Gasteiger charge is -2.29. The predicted molar refractivity (Wildman–Crippen MR) is 60.1 cm³/mol. The Morgan fingerprint density at radius 2 is 1.93 bits per heavy atom. The molecule has 5 heteroatoms. The molecule has 15 heavy (non-hydrogen) atoms. The summed E-state index contributed by atoms with van der Waals surface area (Å²) in [7, 11) is 1.59. The molecule has 0 saturated carbocycles. The van der Waals surface area contributed by atoms with Crippen molar-refractivity contribution in [3.05, 3.63) is 0 Å². The van der Waals surface area contributed by atoms with E-state index in [-0.39, 0.29) is 11.9 Å². The number of ether oxygens (including phenoxy) is 1. The SMILES string of the molecule is CCCN(CCC)C(COC)C(=O)NN. The highest BCUT2D eigenvalue weighted by molar-refractivity contribution is 5.81. The molecule has 1 atom stereocenters. The Bertz CT molecular complexity index is 170. The number of nitrogens with two attached hydrogens (primary N) is 1. The Morgan fingerprint density at radius 1 is 1.40 bits per heavy atom. The fraction of sp³-hybridized carbons (Fsp3) is 0.900. The second-order valence-corrected chi connectivity index (χ2v) is 3.52. The van der Waals surface area contributed by atoms with Crippen LogP contribution in [0.3, 0.4) is 0 Å². The quantitative estimate of drug-likeness (QED) is 0.344. The zero-order valence-corrected chi connectivity index (χ0v) is 9.95. The molecule has 0 heterocycles. The van der Waals surface area contributed by atoms with Crippen LogP contribution < -0.4 is 11.3 Å². The maximum absolute atomic E-state index is 11.5. The van der Waals surface area contributed by atoms with Crippen LogP contribution in [0, 0.1) is 0 Å². The third-order valence-electron chi connectivity index (χ3n) is 2.23. The smallest absolute Gasteiger partial charge is 0.253 e. The van der Waals surface area contributed by atoms with Crippen molar-refractivity contribution < 1.29 is 9.53 Å². The van der Waals surface area contributed by atoms with E-state index in [4.69, 9.17) is 10.6 Å². The summed E-state index contributed by atoms with van der Waals surface area (Å²) in [4.78, 5) is 13.6. The topological polar surface area (TPSA) is 67.6 Å². The number of carbonyl (C=O) groups excluding carboxylic acids is 1. The molecule has 90 valence electrons. The Balaban J connectivity index is 4.42. The van der Waals surface area contributed by atoms with Gasteiger partial charge in [0.25, 0.3) is 5.91 Å². The lowest BCUT2D eigenvalue weighted by atomic mass is 10.2. The molecule has 0 saturated heterocycles. The van der Waals surface area contributed by atoms with Crippen molar-refractivity contribution in [1.82, 2.24) is 10.3 Å². The van der Waals surface area contributed by atoms with Crippen LogP contribution in [0.1, 0.15) is 26.7 Å². The molecule has 0 aromatic rings. The first kappa shape index (κ1) is 14.3. The molecule has 1 amide bonds. The van der Waals surface area contributed by atoms with Crippen LogP contribution in [0.2, 0.25) is 0 Å². The highest BCUT2D eigenvalue weighted by Crippen LogP contribution is 2.03. The number of carbonyl (C=O) groups is 1. The van der Waals surface area contributed by atoms with Gasteiger partial charge in [-0.2, -0.15) is 0 Å². The van der Waals surface area contributed by atoms with E-state index in [2.05, 4.69) is 24.2 Å². The van der Waals surface area contributed by atoms with E-state index >= 15 is 0 Å². The van der Waals surface area contributed by atoms with Crippen molar-refractivity contribution in [3.8, 4) is 0 Å². The third-order valence-corrected chi connectivity index (χ3v) is 2.23. The van der Waals surface area contributed by atoms with E-state index in [1.54, 1.807) is 7.11 Å². The maximum Gasteiger partial charge on any atom is 0.253 e. The average Bonchev–Trinajstić information content (AvgIpc) is 2.25. The van der Waals surface area contributed by atoms with E-state index < -0.39 is 0 Å². The highest BCUT2D eigenvalue weighted by Gasteiger charge is 2.23. The summed E-state index contributed by atoms with van der Waals surface area (Å²) >= 11 is 0. The molecule has 0 bridgehead atoms. The Morgan fingerprint density at radius 3 is 2.27 bits per heavy atom. The van der Waals surface area contributed by atoms with Gasteiger partial charge in [-0.25, -0.2) is 5.84 Å². The molecule has 0 aromatic heterocycles. The lowest BCUT2D eigenvalue weighted by molar-refractivity contribution is -0.128. The molecule has 0 rings (SSSR count). The molecule has 0 spiro atoms. The number of hydrogen-bond donors (Lipinski definition) is 2. The van der Waals surface area contributed by atoms with Gasteiger partial charge in [0, 0.05) is 7.11 Å². The van der Waals surface area contributed by atoms with Crippen LogP contribution in [-0.4, -0.2) is 43.7 Å². The lowest BCUT2D eigenvalue weighted by Crippen LogP contribution is -2.51. The van der Waals surface area contributed by atoms with E-state index in [9.17, 15) is 4.79 Å². The number of amides is 1. The normalized spacial score (nSPS) is 12.9. The van der Waals surface area contributed by atoms with Gasteiger partial charge >= 0.3 is 0 Å². The molecule has 0 radical (unpaired) electrons. The fourth-order valence-corrected chi connectivity index (χ4v) is 1.60. The minimum Gasteiger partial charge on any atom is -0.383 e. The van der Waals surface area contributed by atoms with Gasteiger partial charge in [0.2, 0.25) is 0 Å². The summed E-state index contributed by atoms with van der Waals surface area (Å²) in [5.74, 6) is 4.97.